The van der Waals surface area contributed by atoms with Gasteiger partial charge in [0.15, 0.2) is 0 Å². The predicted octanol–water partition coefficient (Wildman–Crippen LogP) is 1.68. The fourth-order valence-electron chi connectivity index (χ4n) is 1.89. The molecule has 0 amide bonds. The number of hydrogen-bond donors (Lipinski definition) is 3. The fourth-order valence-corrected chi connectivity index (χ4v) is 1.89. The molecule has 0 spiro atoms. The van der Waals surface area contributed by atoms with Crippen LogP contribution in [0.1, 0.15) is 12.0 Å². The van der Waals surface area contributed by atoms with E-state index in [0.717, 1.165) is 25.9 Å². The molecule has 0 radical (unpaired) electrons. The fraction of sp³-hybridized carbons (Fsp3) is 0.385. The Morgan fingerprint density at radius 3 is 2.94 bits per heavy atom. The van der Waals surface area contributed by atoms with Gasteiger partial charge >= 0.3 is 0 Å². The maximum Gasteiger partial charge on any atom is 0.0456 e. The third kappa shape index (κ3) is 2.62. The summed E-state index contributed by atoms with van der Waals surface area (Å²) >= 11 is 0. The summed E-state index contributed by atoms with van der Waals surface area (Å²) < 4.78 is 0. The van der Waals surface area contributed by atoms with Crippen molar-refractivity contribution in [1.82, 2.24) is 10.3 Å². The number of fused-ring (bicyclic) bond motifs is 1. The third-order valence-electron chi connectivity index (χ3n) is 2.76. The van der Waals surface area contributed by atoms with Crippen LogP contribution in [0.4, 0.5) is 0 Å². The molecular formula is C13H18N2O. The van der Waals surface area contributed by atoms with Crippen molar-refractivity contribution in [3.05, 3.63) is 36.0 Å². The first-order valence-electron chi connectivity index (χ1n) is 5.78. The van der Waals surface area contributed by atoms with Crippen LogP contribution in [-0.2, 0) is 6.42 Å². The Morgan fingerprint density at radius 2 is 2.06 bits per heavy atom. The van der Waals surface area contributed by atoms with Gasteiger partial charge in [-0.1, -0.05) is 18.2 Å². The molecule has 1 aromatic heterocycles. The normalized spacial score (nSPS) is 11.1. The summed E-state index contributed by atoms with van der Waals surface area (Å²) in [6.07, 6.45) is 3.93. The van der Waals surface area contributed by atoms with Crippen molar-refractivity contribution in [2.75, 3.05) is 19.7 Å². The van der Waals surface area contributed by atoms with Crippen LogP contribution in [0, 0.1) is 0 Å². The van der Waals surface area contributed by atoms with Gasteiger partial charge in [0.25, 0.3) is 0 Å². The summed E-state index contributed by atoms with van der Waals surface area (Å²) in [5, 5.41) is 13.3. The number of rotatable bonds is 6. The molecule has 1 heterocycles. The van der Waals surface area contributed by atoms with Crippen molar-refractivity contribution in [3.63, 3.8) is 0 Å². The maximum absolute atomic E-state index is 8.65. The quantitative estimate of drug-likeness (QED) is 0.646. The number of aromatic nitrogens is 1. The van der Waals surface area contributed by atoms with E-state index in [1.165, 1.54) is 16.5 Å². The van der Waals surface area contributed by atoms with Gasteiger partial charge < -0.3 is 15.4 Å². The minimum atomic E-state index is 0.264. The van der Waals surface area contributed by atoms with Crippen LogP contribution in [0.3, 0.4) is 0 Å². The molecular weight excluding hydrogens is 200 g/mol. The average molecular weight is 218 g/mol. The summed E-state index contributed by atoms with van der Waals surface area (Å²) in [6, 6.07) is 8.36. The van der Waals surface area contributed by atoms with Crippen molar-refractivity contribution >= 4 is 10.9 Å². The molecule has 86 valence electrons. The lowest BCUT2D eigenvalue weighted by Gasteiger charge is -2.02. The number of hydrogen-bond acceptors (Lipinski definition) is 2. The van der Waals surface area contributed by atoms with Gasteiger partial charge in [0.05, 0.1) is 0 Å². The summed E-state index contributed by atoms with van der Waals surface area (Å²) in [6.45, 7) is 2.11. The average Bonchev–Trinajstić information content (AvgIpc) is 2.73. The summed E-state index contributed by atoms with van der Waals surface area (Å²) in [7, 11) is 0. The Bertz CT molecular complexity index is 436. The van der Waals surface area contributed by atoms with Gasteiger partial charge in [-0.3, -0.25) is 0 Å². The molecule has 1 aromatic carbocycles. The van der Waals surface area contributed by atoms with E-state index in [-0.39, 0.29) is 6.61 Å². The molecule has 0 aliphatic heterocycles. The first kappa shape index (κ1) is 11.2. The molecule has 0 aliphatic carbocycles. The predicted molar refractivity (Wildman–Crippen MR) is 66.6 cm³/mol. The highest BCUT2D eigenvalue weighted by Crippen LogP contribution is 2.17. The van der Waals surface area contributed by atoms with Crippen LogP contribution in [-0.4, -0.2) is 29.8 Å². The van der Waals surface area contributed by atoms with Gasteiger partial charge in [0.2, 0.25) is 0 Å². The zero-order valence-corrected chi connectivity index (χ0v) is 9.37. The van der Waals surface area contributed by atoms with Crippen molar-refractivity contribution < 1.29 is 5.11 Å². The lowest BCUT2D eigenvalue weighted by atomic mass is 10.1. The monoisotopic (exact) mass is 218 g/mol. The minimum Gasteiger partial charge on any atom is -0.396 e. The van der Waals surface area contributed by atoms with E-state index in [2.05, 4.69) is 34.7 Å². The highest BCUT2D eigenvalue weighted by Gasteiger charge is 2.01. The van der Waals surface area contributed by atoms with Gasteiger partial charge in [-0.25, -0.2) is 0 Å². The Morgan fingerprint density at radius 1 is 1.19 bits per heavy atom. The third-order valence-corrected chi connectivity index (χ3v) is 2.76. The highest BCUT2D eigenvalue weighted by atomic mass is 16.3. The topological polar surface area (TPSA) is 48.0 Å². The zero-order valence-electron chi connectivity index (χ0n) is 9.37. The molecule has 0 bridgehead atoms. The van der Waals surface area contributed by atoms with Crippen LogP contribution in [0.2, 0.25) is 0 Å². The molecule has 16 heavy (non-hydrogen) atoms. The van der Waals surface area contributed by atoms with Crippen molar-refractivity contribution in [2.45, 2.75) is 12.8 Å². The van der Waals surface area contributed by atoms with E-state index in [4.69, 9.17) is 5.11 Å². The van der Waals surface area contributed by atoms with Crippen LogP contribution in [0.15, 0.2) is 30.5 Å². The van der Waals surface area contributed by atoms with Crippen LogP contribution in [0.25, 0.3) is 10.9 Å². The summed E-state index contributed by atoms with van der Waals surface area (Å²) in [4.78, 5) is 3.27. The summed E-state index contributed by atoms with van der Waals surface area (Å²) in [5.74, 6) is 0. The van der Waals surface area contributed by atoms with Crippen LogP contribution < -0.4 is 5.32 Å². The Kier molecular flexibility index (Phi) is 3.97. The number of benzene rings is 1. The van der Waals surface area contributed by atoms with Gasteiger partial charge in [-0.2, -0.15) is 0 Å². The van der Waals surface area contributed by atoms with E-state index >= 15 is 0 Å². The Balaban J connectivity index is 1.89. The van der Waals surface area contributed by atoms with Crippen molar-refractivity contribution in [2.24, 2.45) is 0 Å². The number of H-pyrrole nitrogens is 1. The van der Waals surface area contributed by atoms with Crippen molar-refractivity contribution in [1.29, 1.82) is 0 Å². The molecule has 3 heteroatoms. The first-order valence-corrected chi connectivity index (χ1v) is 5.78. The van der Waals surface area contributed by atoms with E-state index in [1.54, 1.807) is 0 Å². The van der Waals surface area contributed by atoms with Gasteiger partial charge in [0, 0.05) is 23.7 Å². The molecule has 2 rings (SSSR count). The second-order valence-electron chi connectivity index (χ2n) is 3.94. The maximum atomic E-state index is 8.65. The van der Waals surface area contributed by atoms with E-state index in [1.807, 2.05) is 6.07 Å². The SMILES string of the molecule is OCCCNCCc1c[nH]c2ccccc12. The first-order chi connectivity index (χ1) is 7.92. The molecule has 0 aliphatic rings. The number of aliphatic hydroxyl groups excluding tert-OH is 1. The molecule has 0 saturated heterocycles. The van der Waals surface area contributed by atoms with Crippen molar-refractivity contribution in [3.8, 4) is 0 Å². The minimum absolute atomic E-state index is 0.264. The molecule has 0 saturated carbocycles. The number of aromatic amines is 1. The second kappa shape index (κ2) is 5.68. The zero-order chi connectivity index (χ0) is 11.2. The lowest BCUT2D eigenvalue weighted by molar-refractivity contribution is 0.286. The van der Waals surface area contributed by atoms with Gasteiger partial charge in [-0.15, -0.1) is 0 Å². The van der Waals surface area contributed by atoms with Gasteiger partial charge in [0.1, 0.15) is 0 Å². The Labute approximate surface area is 95.5 Å². The largest absolute Gasteiger partial charge is 0.396 e. The number of para-hydroxylation sites is 1. The molecule has 0 fully saturated rings. The smallest absolute Gasteiger partial charge is 0.0456 e. The molecule has 0 unspecified atom stereocenters. The molecule has 2 aromatic rings. The van der Waals surface area contributed by atoms with Gasteiger partial charge in [-0.05, 0) is 37.6 Å². The molecule has 3 nitrogen and oxygen atoms in total. The van der Waals surface area contributed by atoms with E-state index in [0.29, 0.717) is 0 Å². The van der Waals surface area contributed by atoms with Crippen LogP contribution >= 0.6 is 0 Å². The standard InChI is InChI=1S/C13H18N2O/c16-9-3-7-14-8-6-11-10-15-13-5-2-1-4-12(11)13/h1-2,4-5,10,14-16H,3,6-9H2. The van der Waals surface area contributed by atoms with E-state index in [9.17, 15) is 0 Å². The van der Waals surface area contributed by atoms with E-state index < -0.39 is 0 Å². The summed E-state index contributed by atoms with van der Waals surface area (Å²) in [5.41, 5.74) is 2.56. The van der Waals surface area contributed by atoms with Crippen LogP contribution in [0.5, 0.6) is 0 Å². The lowest BCUT2D eigenvalue weighted by Crippen LogP contribution is -2.19. The number of aliphatic hydroxyl groups is 1. The number of nitrogens with one attached hydrogen (secondary N) is 2. The second-order valence-corrected chi connectivity index (χ2v) is 3.94. The highest BCUT2D eigenvalue weighted by molar-refractivity contribution is 5.83. The Hall–Kier alpha value is -1.32. The molecule has 0 atom stereocenters. The molecule has 3 N–H and O–H groups in total.